The highest BCUT2D eigenvalue weighted by molar-refractivity contribution is 7.17. The van der Waals surface area contributed by atoms with Crippen molar-refractivity contribution >= 4 is 33.6 Å². The van der Waals surface area contributed by atoms with Gasteiger partial charge in [-0.15, -0.1) is 11.3 Å². The maximum absolute atomic E-state index is 13.6. The van der Waals surface area contributed by atoms with Crippen LogP contribution in [0.1, 0.15) is 48.5 Å². The van der Waals surface area contributed by atoms with Crippen molar-refractivity contribution in [3.63, 3.8) is 0 Å². The first-order valence-electron chi connectivity index (χ1n) is 10.0. The minimum atomic E-state index is -4.62. The van der Waals surface area contributed by atoms with E-state index in [1.165, 1.54) is 12.4 Å². The molecular formula is C20H22F3N3O4S. The number of amides is 2. The van der Waals surface area contributed by atoms with Gasteiger partial charge in [-0.3, -0.25) is 4.79 Å². The molecule has 31 heavy (non-hydrogen) atoms. The summed E-state index contributed by atoms with van der Waals surface area (Å²) in [5, 5.41) is 6.50. The zero-order chi connectivity index (χ0) is 22.3. The van der Waals surface area contributed by atoms with Crippen molar-refractivity contribution in [2.45, 2.75) is 57.0 Å². The van der Waals surface area contributed by atoms with Crippen molar-refractivity contribution < 1.29 is 32.2 Å². The smallest absolute Gasteiger partial charge is 0.418 e. The second-order valence-corrected chi connectivity index (χ2v) is 8.79. The molecule has 2 N–H and O–H groups in total. The molecule has 0 spiro atoms. The molecule has 0 saturated heterocycles. The summed E-state index contributed by atoms with van der Waals surface area (Å²) < 4.78 is 51.5. The maximum Gasteiger partial charge on any atom is 0.418 e. The van der Waals surface area contributed by atoms with Crippen LogP contribution in [-0.4, -0.2) is 42.3 Å². The van der Waals surface area contributed by atoms with Crippen LogP contribution >= 0.6 is 11.3 Å². The van der Waals surface area contributed by atoms with Gasteiger partial charge in [0.2, 0.25) is 5.88 Å². The Kier molecular flexibility index (Phi) is 5.71. The third-order valence-electron chi connectivity index (χ3n) is 5.56. The third-order valence-corrected chi connectivity index (χ3v) is 6.56. The van der Waals surface area contributed by atoms with Crippen molar-refractivity contribution in [1.82, 2.24) is 15.6 Å². The number of rotatable bonds is 6. The highest BCUT2D eigenvalue weighted by Crippen LogP contribution is 2.41. The molecule has 2 amide bonds. The van der Waals surface area contributed by atoms with Gasteiger partial charge in [0.05, 0.1) is 21.3 Å². The molecule has 2 aromatic rings. The number of alkyl carbamates (subject to hydrolysis) is 1. The fourth-order valence-corrected chi connectivity index (χ4v) is 4.56. The number of nitrogens with one attached hydrogen (secondary N) is 2. The van der Waals surface area contributed by atoms with Crippen molar-refractivity contribution in [3.8, 4) is 5.88 Å². The summed E-state index contributed by atoms with van der Waals surface area (Å²) in [5.41, 5.74) is -0.862. The standard InChI is InChI=1S/C20H22F3N3O4S/c1-9(10-3-4-10)29-19(28)25-11-5-12(6-11)30-15-7-14(20(21,22)23)17-16(26-15)13(8-31-17)18(27)24-2/h7-12H,3-6H2,1-2H3,(H,24,27)(H,25,28)/t9-,11?,12?/m0/s1. The van der Waals surface area contributed by atoms with Crippen LogP contribution in [0.2, 0.25) is 0 Å². The number of hydrogen-bond donors (Lipinski definition) is 2. The molecule has 2 aromatic heterocycles. The van der Waals surface area contributed by atoms with Crippen LogP contribution in [0.3, 0.4) is 0 Å². The molecule has 2 heterocycles. The van der Waals surface area contributed by atoms with Crippen LogP contribution in [0, 0.1) is 5.92 Å². The lowest BCUT2D eigenvalue weighted by molar-refractivity contribution is -0.136. The molecule has 0 bridgehead atoms. The Morgan fingerprint density at radius 2 is 2.00 bits per heavy atom. The molecule has 4 rings (SSSR count). The van der Waals surface area contributed by atoms with Gasteiger partial charge >= 0.3 is 12.3 Å². The van der Waals surface area contributed by atoms with E-state index in [0.717, 1.165) is 30.2 Å². The summed E-state index contributed by atoms with van der Waals surface area (Å²) in [6.07, 6.45) is -2.62. The molecule has 168 valence electrons. The predicted molar refractivity (Wildman–Crippen MR) is 107 cm³/mol. The number of aromatic nitrogens is 1. The maximum atomic E-state index is 13.6. The Bertz CT molecular complexity index is 999. The molecule has 2 fully saturated rings. The van der Waals surface area contributed by atoms with E-state index in [1.54, 1.807) is 0 Å². The number of fused-ring (bicyclic) bond motifs is 1. The van der Waals surface area contributed by atoms with Crippen LogP contribution < -0.4 is 15.4 Å². The molecule has 1 atom stereocenters. The molecule has 0 aromatic carbocycles. The fraction of sp³-hybridized carbons (Fsp3) is 0.550. The number of thiophene rings is 1. The first-order chi connectivity index (χ1) is 14.7. The van der Waals surface area contributed by atoms with Crippen molar-refractivity contribution in [1.29, 1.82) is 0 Å². The van der Waals surface area contributed by atoms with E-state index in [4.69, 9.17) is 9.47 Å². The van der Waals surface area contributed by atoms with Crippen molar-refractivity contribution in [2.24, 2.45) is 5.92 Å². The van der Waals surface area contributed by atoms with E-state index in [9.17, 15) is 22.8 Å². The first kappa shape index (κ1) is 21.7. The highest BCUT2D eigenvalue weighted by Gasteiger charge is 2.38. The molecule has 2 aliphatic carbocycles. The molecule has 0 radical (unpaired) electrons. The Hall–Kier alpha value is -2.56. The molecule has 0 unspecified atom stereocenters. The summed E-state index contributed by atoms with van der Waals surface area (Å²) in [5.74, 6) is -0.281. The third kappa shape index (κ3) is 4.70. The summed E-state index contributed by atoms with van der Waals surface area (Å²) >= 11 is 0.817. The van der Waals surface area contributed by atoms with Gasteiger partial charge in [0.15, 0.2) is 0 Å². The minimum absolute atomic E-state index is 0.0409. The normalized spacial score (nSPS) is 21.8. The second kappa shape index (κ2) is 8.18. The fourth-order valence-electron chi connectivity index (χ4n) is 3.53. The van der Waals surface area contributed by atoms with Gasteiger partial charge in [-0.25, -0.2) is 9.78 Å². The van der Waals surface area contributed by atoms with Crippen LogP contribution in [0.5, 0.6) is 5.88 Å². The number of pyridine rings is 1. The van der Waals surface area contributed by atoms with Gasteiger partial charge in [-0.1, -0.05) is 0 Å². The van der Waals surface area contributed by atoms with Gasteiger partial charge in [-0.2, -0.15) is 13.2 Å². The molecule has 7 nitrogen and oxygen atoms in total. The van der Waals surface area contributed by atoms with Crippen molar-refractivity contribution in [2.75, 3.05) is 7.05 Å². The predicted octanol–water partition coefficient (Wildman–Crippen LogP) is 4.11. The van der Waals surface area contributed by atoms with Crippen LogP contribution in [-0.2, 0) is 10.9 Å². The number of carbonyl (C=O) groups excluding carboxylic acids is 2. The Morgan fingerprint density at radius 1 is 1.29 bits per heavy atom. The van der Waals surface area contributed by atoms with Crippen LogP contribution in [0.25, 0.3) is 10.2 Å². The van der Waals surface area contributed by atoms with Gasteiger partial charge < -0.3 is 20.1 Å². The summed E-state index contributed by atoms with van der Waals surface area (Å²) in [6.45, 7) is 1.86. The van der Waals surface area contributed by atoms with E-state index >= 15 is 0 Å². The zero-order valence-corrected chi connectivity index (χ0v) is 17.7. The van der Waals surface area contributed by atoms with Crippen LogP contribution in [0.15, 0.2) is 11.4 Å². The second-order valence-electron chi connectivity index (χ2n) is 7.91. The SMILES string of the molecule is CNC(=O)c1csc2c(C(F)(F)F)cc(OC3CC(NC(=O)O[C@@H](C)C4CC4)C3)nc12. The molecule has 11 heteroatoms. The molecule has 2 aliphatic rings. The average Bonchev–Trinajstić information content (AvgIpc) is 3.44. The van der Waals surface area contributed by atoms with Crippen LogP contribution in [0.4, 0.5) is 18.0 Å². The molecule has 0 aliphatic heterocycles. The monoisotopic (exact) mass is 457 g/mol. The number of hydrogen-bond acceptors (Lipinski definition) is 6. The van der Waals surface area contributed by atoms with Gasteiger partial charge in [-0.05, 0) is 25.7 Å². The average molecular weight is 457 g/mol. The summed E-state index contributed by atoms with van der Waals surface area (Å²) in [4.78, 5) is 28.1. The summed E-state index contributed by atoms with van der Waals surface area (Å²) in [7, 11) is 1.40. The van der Waals surface area contributed by atoms with E-state index < -0.39 is 23.7 Å². The molecule has 2 saturated carbocycles. The van der Waals surface area contributed by atoms with Gasteiger partial charge in [0, 0.05) is 37.4 Å². The van der Waals surface area contributed by atoms with Gasteiger partial charge in [0.25, 0.3) is 5.91 Å². The lowest BCUT2D eigenvalue weighted by Crippen LogP contribution is -2.49. The first-order valence-corrected chi connectivity index (χ1v) is 10.9. The highest BCUT2D eigenvalue weighted by atomic mass is 32.1. The van der Waals surface area contributed by atoms with Gasteiger partial charge in [0.1, 0.15) is 12.2 Å². The van der Waals surface area contributed by atoms with Crippen molar-refractivity contribution in [3.05, 3.63) is 22.6 Å². The number of halogens is 3. The zero-order valence-electron chi connectivity index (χ0n) is 16.9. The Labute approximate surface area is 180 Å². The topological polar surface area (TPSA) is 89.6 Å². The van der Waals surface area contributed by atoms with E-state index in [1.807, 2.05) is 6.92 Å². The molecular weight excluding hydrogens is 435 g/mol. The largest absolute Gasteiger partial charge is 0.474 e. The lowest BCUT2D eigenvalue weighted by atomic mass is 9.89. The summed E-state index contributed by atoms with van der Waals surface area (Å²) in [6, 6.07) is 0.691. The van der Waals surface area contributed by atoms with E-state index in [-0.39, 0.29) is 39.9 Å². The van der Waals surface area contributed by atoms with E-state index in [0.29, 0.717) is 18.8 Å². The number of nitrogens with zero attached hydrogens (tertiary/aromatic N) is 1. The Morgan fingerprint density at radius 3 is 2.61 bits per heavy atom. The number of alkyl halides is 3. The quantitative estimate of drug-likeness (QED) is 0.682. The Balaban J connectivity index is 1.43. The number of ether oxygens (including phenoxy) is 2. The lowest BCUT2D eigenvalue weighted by Gasteiger charge is -2.35. The van der Waals surface area contributed by atoms with E-state index in [2.05, 4.69) is 15.6 Å². The minimum Gasteiger partial charge on any atom is -0.474 e. The number of carbonyl (C=O) groups is 2.